The lowest BCUT2D eigenvalue weighted by Gasteiger charge is -2.20. The molecule has 3 nitrogen and oxygen atoms in total. The highest BCUT2D eigenvalue weighted by Crippen LogP contribution is 2.35. The van der Waals surface area contributed by atoms with Crippen molar-refractivity contribution in [1.82, 2.24) is 0 Å². The van der Waals surface area contributed by atoms with Crippen LogP contribution in [0.1, 0.15) is 35.2 Å². The molecule has 0 amide bonds. The van der Waals surface area contributed by atoms with Gasteiger partial charge in [0.05, 0.1) is 0 Å². The van der Waals surface area contributed by atoms with Crippen molar-refractivity contribution in [2.75, 3.05) is 13.2 Å². The predicted octanol–water partition coefficient (Wildman–Crippen LogP) is 2.37. The molecule has 84 valence electrons. The van der Waals surface area contributed by atoms with Gasteiger partial charge in [-0.15, -0.1) is 0 Å². The predicted molar refractivity (Wildman–Crippen MR) is 59.3 cm³/mol. The number of ether oxygens (including phenoxy) is 2. The maximum atomic E-state index is 11.9. The lowest BCUT2D eigenvalue weighted by atomic mass is 10.0. The van der Waals surface area contributed by atoms with E-state index in [1.807, 2.05) is 12.1 Å². The SMILES string of the molecule is O=C1CCCCc2cc3c(cc21)OCCO3. The molecule has 0 unspecified atom stereocenters. The van der Waals surface area contributed by atoms with E-state index in [-0.39, 0.29) is 5.78 Å². The van der Waals surface area contributed by atoms with Gasteiger partial charge in [0.15, 0.2) is 17.3 Å². The molecule has 1 aliphatic carbocycles. The molecule has 3 rings (SSSR count). The van der Waals surface area contributed by atoms with E-state index in [2.05, 4.69) is 0 Å². The third-order valence-electron chi connectivity index (χ3n) is 3.17. The number of hydrogen-bond donors (Lipinski definition) is 0. The standard InChI is InChI=1S/C13H14O3/c14-11-4-2-1-3-9-7-12-13(8-10(9)11)16-6-5-15-12/h7-8H,1-6H2. The second-order valence-electron chi connectivity index (χ2n) is 4.28. The van der Waals surface area contributed by atoms with Crippen molar-refractivity contribution in [3.63, 3.8) is 0 Å². The summed E-state index contributed by atoms with van der Waals surface area (Å²) in [4.78, 5) is 11.9. The topological polar surface area (TPSA) is 35.5 Å². The number of aryl methyl sites for hydroxylation is 1. The molecule has 0 aromatic heterocycles. The van der Waals surface area contributed by atoms with E-state index in [0.717, 1.165) is 41.9 Å². The maximum Gasteiger partial charge on any atom is 0.163 e. The van der Waals surface area contributed by atoms with Crippen LogP contribution in [-0.4, -0.2) is 19.0 Å². The number of rotatable bonds is 0. The second kappa shape index (κ2) is 3.81. The van der Waals surface area contributed by atoms with E-state index in [9.17, 15) is 4.79 Å². The fourth-order valence-corrected chi connectivity index (χ4v) is 2.33. The van der Waals surface area contributed by atoms with Crippen molar-refractivity contribution in [3.8, 4) is 11.5 Å². The van der Waals surface area contributed by atoms with Crippen LogP contribution in [-0.2, 0) is 6.42 Å². The number of carbonyl (C=O) groups excluding carboxylic acids is 1. The van der Waals surface area contributed by atoms with Crippen molar-refractivity contribution >= 4 is 5.78 Å². The lowest BCUT2D eigenvalue weighted by molar-refractivity contribution is 0.0981. The van der Waals surface area contributed by atoms with Gasteiger partial charge in [-0.25, -0.2) is 0 Å². The highest BCUT2D eigenvalue weighted by Gasteiger charge is 2.21. The fourth-order valence-electron chi connectivity index (χ4n) is 2.33. The average molecular weight is 218 g/mol. The van der Waals surface area contributed by atoms with Gasteiger partial charge >= 0.3 is 0 Å². The van der Waals surface area contributed by atoms with E-state index in [4.69, 9.17) is 9.47 Å². The zero-order valence-corrected chi connectivity index (χ0v) is 9.12. The minimum atomic E-state index is 0.240. The number of benzene rings is 1. The smallest absolute Gasteiger partial charge is 0.163 e. The molecular formula is C13H14O3. The molecule has 1 aromatic rings. The fraction of sp³-hybridized carbons (Fsp3) is 0.462. The highest BCUT2D eigenvalue weighted by atomic mass is 16.6. The summed E-state index contributed by atoms with van der Waals surface area (Å²) >= 11 is 0. The van der Waals surface area contributed by atoms with Crippen LogP contribution in [0, 0.1) is 0 Å². The van der Waals surface area contributed by atoms with Crippen LogP contribution < -0.4 is 9.47 Å². The zero-order chi connectivity index (χ0) is 11.0. The summed E-state index contributed by atoms with van der Waals surface area (Å²) in [6.45, 7) is 1.17. The first-order valence-corrected chi connectivity index (χ1v) is 5.80. The van der Waals surface area contributed by atoms with Crippen molar-refractivity contribution in [2.24, 2.45) is 0 Å². The van der Waals surface area contributed by atoms with E-state index in [1.165, 1.54) is 0 Å². The van der Waals surface area contributed by atoms with Gasteiger partial charge in [-0.1, -0.05) is 0 Å². The monoisotopic (exact) mass is 218 g/mol. The highest BCUT2D eigenvalue weighted by molar-refractivity contribution is 5.98. The van der Waals surface area contributed by atoms with E-state index in [1.54, 1.807) is 0 Å². The zero-order valence-electron chi connectivity index (χ0n) is 9.12. The molecule has 3 heteroatoms. The second-order valence-corrected chi connectivity index (χ2v) is 4.28. The van der Waals surface area contributed by atoms with Crippen LogP contribution in [0.4, 0.5) is 0 Å². The number of Topliss-reactive ketones (excluding diaryl/α,β-unsaturated/α-hetero) is 1. The molecule has 0 radical (unpaired) electrons. The van der Waals surface area contributed by atoms with Crippen LogP contribution in [0.3, 0.4) is 0 Å². The minimum Gasteiger partial charge on any atom is -0.486 e. The van der Waals surface area contributed by atoms with Crippen LogP contribution in [0.5, 0.6) is 11.5 Å². The Morgan fingerprint density at radius 1 is 0.938 bits per heavy atom. The maximum absolute atomic E-state index is 11.9. The summed E-state index contributed by atoms with van der Waals surface area (Å²) in [5, 5.41) is 0. The van der Waals surface area contributed by atoms with Gasteiger partial charge in [-0.2, -0.15) is 0 Å². The molecule has 0 spiro atoms. The van der Waals surface area contributed by atoms with Crippen LogP contribution in [0.25, 0.3) is 0 Å². The molecule has 1 aliphatic heterocycles. The lowest BCUT2D eigenvalue weighted by Crippen LogP contribution is -2.16. The molecule has 0 N–H and O–H groups in total. The molecule has 0 atom stereocenters. The van der Waals surface area contributed by atoms with Gasteiger partial charge in [0, 0.05) is 12.0 Å². The van der Waals surface area contributed by atoms with Gasteiger partial charge in [0.1, 0.15) is 13.2 Å². The Kier molecular flexibility index (Phi) is 2.31. The molecule has 16 heavy (non-hydrogen) atoms. The first-order chi connectivity index (χ1) is 7.84. The number of fused-ring (bicyclic) bond motifs is 2. The summed E-state index contributed by atoms with van der Waals surface area (Å²) in [5.74, 6) is 1.75. The summed E-state index contributed by atoms with van der Waals surface area (Å²) in [7, 11) is 0. The first kappa shape index (κ1) is 9.70. The van der Waals surface area contributed by atoms with Crippen LogP contribution in [0.15, 0.2) is 12.1 Å². The number of carbonyl (C=O) groups is 1. The molecule has 0 saturated heterocycles. The number of ketones is 1. The largest absolute Gasteiger partial charge is 0.486 e. The Bertz CT molecular complexity index is 437. The van der Waals surface area contributed by atoms with Crippen molar-refractivity contribution < 1.29 is 14.3 Å². The van der Waals surface area contributed by atoms with Gasteiger partial charge in [-0.3, -0.25) is 4.79 Å². The minimum absolute atomic E-state index is 0.240. The Morgan fingerprint density at radius 2 is 1.62 bits per heavy atom. The summed E-state index contributed by atoms with van der Waals surface area (Å²) in [5.41, 5.74) is 1.95. The molecule has 0 fully saturated rings. The van der Waals surface area contributed by atoms with Gasteiger partial charge in [0.25, 0.3) is 0 Å². The Balaban J connectivity index is 2.10. The van der Waals surface area contributed by atoms with Crippen molar-refractivity contribution in [2.45, 2.75) is 25.7 Å². The van der Waals surface area contributed by atoms with E-state index >= 15 is 0 Å². The quantitative estimate of drug-likeness (QED) is 0.627. The van der Waals surface area contributed by atoms with Gasteiger partial charge in [-0.05, 0) is 37.0 Å². The molecule has 1 heterocycles. The molecule has 1 aromatic carbocycles. The van der Waals surface area contributed by atoms with Crippen molar-refractivity contribution in [1.29, 1.82) is 0 Å². The number of hydrogen-bond acceptors (Lipinski definition) is 3. The molecule has 2 aliphatic rings. The molecule has 0 bridgehead atoms. The molecular weight excluding hydrogens is 204 g/mol. The van der Waals surface area contributed by atoms with Gasteiger partial charge < -0.3 is 9.47 Å². The van der Waals surface area contributed by atoms with Crippen LogP contribution in [0.2, 0.25) is 0 Å². The van der Waals surface area contributed by atoms with E-state index < -0.39 is 0 Å². The summed E-state index contributed by atoms with van der Waals surface area (Å²) < 4.78 is 11.0. The third kappa shape index (κ3) is 1.56. The molecule has 0 saturated carbocycles. The summed E-state index contributed by atoms with van der Waals surface area (Å²) in [6, 6.07) is 3.84. The average Bonchev–Trinajstić information content (AvgIpc) is 2.49. The normalized spacial score (nSPS) is 18.9. The van der Waals surface area contributed by atoms with Gasteiger partial charge in [0.2, 0.25) is 0 Å². The summed E-state index contributed by atoms with van der Waals surface area (Å²) in [6.07, 6.45) is 3.70. The Labute approximate surface area is 94.4 Å². The Morgan fingerprint density at radius 3 is 2.44 bits per heavy atom. The van der Waals surface area contributed by atoms with Crippen LogP contribution >= 0.6 is 0 Å². The first-order valence-electron chi connectivity index (χ1n) is 5.80. The third-order valence-corrected chi connectivity index (χ3v) is 3.17. The van der Waals surface area contributed by atoms with Crippen molar-refractivity contribution in [3.05, 3.63) is 23.3 Å². The Hall–Kier alpha value is -1.51. The van der Waals surface area contributed by atoms with E-state index in [0.29, 0.717) is 19.6 Å².